The molecule has 0 radical (unpaired) electrons. The first-order chi connectivity index (χ1) is 14.9. The molecule has 0 aliphatic heterocycles. The highest BCUT2D eigenvalue weighted by Crippen LogP contribution is 2.33. The Bertz CT molecular complexity index is 1300. The highest BCUT2D eigenvalue weighted by Gasteiger charge is 2.23. The number of thiazole rings is 1. The van der Waals surface area contributed by atoms with Crippen molar-refractivity contribution < 1.29 is 13.2 Å². The Morgan fingerprint density at radius 3 is 2.35 bits per heavy atom. The third kappa shape index (κ3) is 4.28. The molecule has 0 unspecified atom stereocenters. The number of methoxy groups -OCH3 is 1. The van der Waals surface area contributed by atoms with E-state index in [4.69, 9.17) is 4.74 Å². The molecule has 31 heavy (non-hydrogen) atoms. The standard InChI is InChI=1S/C22H20N4O3S2/c1-14-10-16(19-13-30-22(25-19)26-20-12-23-8-9-24-20)11-15(2)21(14)31(27,28)18-6-4-17(29-3)5-7-18/h4-13H,1-3H3,(H,24,25,26). The summed E-state index contributed by atoms with van der Waals surface area (Å²) in [5, 5.41) is 5.72. The fourth-order valence-corrected chi connectivity index (χ4v) is 5.75. The van der Waals surface area contributed by atoms with Gasteiger partial charge in [0, 0.05) is 23.3 Å². The molecule has 0 bridgehead atoms. The van der Waals surface area contributed by atoms with Gasteiger partial charge in [-0.3, -0.25) is 4.98 Å². The zero-order valence-corrected chi connectivity index (χ0v) is 18.8. The normalized spacial score (nSPS) is 11.3. The van der Waals surface area contributed by atoms with Gasteiger partial charge >= 0.3 is 0 Å². The Morgan fingerprint density at radius 1 is 1.03 bits per heavy atom. The van der Waals surface area contributed by atoms with Crippen LogP contribution in [-0.2, 0) is 9.84 Å². The number of aryl methyl sites for hydroxylation is 2. The molecule has 4 rings (SSSR count). The largest absolute Gasteiger partial charge is 0.497 e. The van der Waals surface area contributed by atoms with Crippen LogP contribution in [0.25, 0.3) is 11.3 Å². The minimum atomic E-state index is -3.66. The maximum absolute atomic E-state index is 13.3. The van der Waals surface area contributed by atoms with Crippen LogP contribution in [0, 0.1) is 13.8 Å². The number of ether oxygens (including phenoxy) is 1. The lowest BCUT2D eigenvalue weighted by Gasteiger charge is -2.13. The van der Waals surface area contributed by atoms with Crippen molar-refractivity contribution >= 4 is 32.1 Å². The van der Waals surface area contributed by atoms with E-state index in [2.05, 4.69) is 20.3 Å². The molecule has 7 nitrogen and oxygen atoms in total. The first-order valence-electron chi connectivity index (χ1n) is 9.38. The number of nitrogens with one attached hydrogen (secondary N) is 1. The average molecular weight is 453 g/mol. The molecule has 9 heteroatoms. The molecule has 0 aliphatic carbocycles. The second kappa shape index (κ2) is 8.44. The summed E-state index contributed by atoms with van der Waals surface area (Å²) in [5.74, 6) is 1.22. The molecular formula is C22H20N4O3S2. The van der Waals surface area contributed by atoms with Gasteiger partial charge in [-0.25, -0.2) is 18.4 Å². The predicted molar refractivity (Wildman–Crippen MR) is 121 cm³/mol. The second-order valence-corrected chi connectivity index (χ2v) is 9.62. The van der Waals surface area contributed by atoms with Gasteiger partial charge in [-0.15, -0.1) is 11.3 Å². The zero-order valence-electron chi connectivity index (χ0n) is 17.2. The molecule has 0 aliphatic rings. The topological polar surface area (TPSA) is 94.1 Å². The highest BCUT2D eigenvalue weighted by molar-refractivity contribution is 7.91. The monoisotopic (exact) mass is 452 g/mol. The van der Waals surface area contributed by atoms with Crippen LogP contribution in [0.3, 0.4) is 0 Å². The van der Waals surface area contributed by atoms with Crippen molar-refractivity contribution in [2.45, 2.75) is 23.6 Å². The van der Waals surface area contributed by atoms with E-state index in [1.807, 2.05) is 17.5 Å². The summed E-state index contributed by atoms with van der Waals surface area (Å²) in [6.45, 7) is 3.61. The molecular weight excluding hydrogens is 432 g/mol. The summed E-state index contributed by atoms with van der Waals surface area (Å²) in [7, 11) is -2.12. The first kappa shape index (κ1) is 21.0. The van der Waals surface area contributed by atoms with E-state index in [-0.39, 0.29) is 4.90 Å². The van der Waals surface area contributed by atoms with Gasteiger partial charge in [0.25, 0.3) is 0 Å². The van der Waals surface area contributed by atoms with E-state index in [0.29, 0.717) is 32.7 Å². The summed E-state index contributed by atoms with van der Waals surface area (Å²) < 4.78 is 31.6. The summed E-state index contributed by atoms with van der Waals surface area (Å²) in [6.07, 6.45) is 4.82. The molecule has 0 amide bonds. The maximum atomic E-state index is 13.3. The molecule has 2 aromatic carbocycles. The smallest absolute Gasteiger partial charge is 0.207 e. The van der Waals surface area contributed by atoms with Crippen LogP contribution in [0.5, 0.6) is 5.75 Å². The van der Waals surface area contributed by atoms with E-state index < -0.39 is 9.84 Å². The molecule has 0 spiro atoms. The molecule has 0 saturated carbocycles. The number of rotatable bonds is 6. The second-order valence-electron chi connectivity index (χ2n) is 6.87. The van der Waals surface area contributed by atoms with Gasteiger partial charge in [-0.05, 0) is 61.4 Å². The Kier molecular flexibility index (Phi) is 5.71. The SMILES string of the molecule is COc1ccc(S(=O)(=O)c2c(C)cc(-c3csc(Nc4cnccn4)n3)cc2C)cc1. The van der Waals surface area contributed by atoms with Crippen molar-refractivity contribution in [2.75, 3.05) is 12.4 Å². The summed E-state index contributed by atoms with van der Waals surface area (Å²) in [4.78, 5) is 13.4. The lowest BCUT2D eigenvalue weighted by atomic mass is 10.1. The quantitative estimate of drug-likeness (QED) is 0.449. The van der Waals surface area contributed by atoms with Crippen LogP contribution >= 0.6 is 11.3 Å². The number of hydrogen-bond donors (Lipinski definition) is 1. The number of anilines is 2. The van der Waals surface area contributed by atoms with Gasteiger partial charge in [0.05, 0.1) is 28.8 Å². The number of benzene rings is 2. The van der Waals surface area contributed by atoms with Crippen molar-refractivity contribution in [3.05, 3.63) is 71.5 Å². The molecule has 2 heterocycles. The molecule has 0 saturated heterocycles. The van der Waals surface area contributed by atoms with Crippen LogP contribution < -0.4 is 10.1 Å². The van der Waals surface area contributed by atoms with E-state index in [0.717, 1.165) is 11.3 Å². The van der Waals surface area contributed by atoms with E-state index in [9.17, 15) is 8.42 Å². The fourth-order valence-electron chi connectivity index (χ4n) is 3.33. The number of aromatic nitrogens is 3. The fraction of sp³-hybridized carbons (Fsp3) is 0.136. The van der Waals surface area contributed by atoms with Crippen LogP contribution in [0.15, 0.2) is 70.2 Å². The lowest BCUT2D eigenvalue weighted by molar-refractivity contribution is 0.414. The Hall–Kier alpha value is -3.30. The number of nitrogens with zero attached hydrogens (tertiary/aromatic N) is 3. The minimum Gasteiger partial charge on any atom is -0.497 e. The molecule has 0 atom stereocenters. The van der Waals surface area contributed by atoms with Gasteiger partial charge in [-0.2, -0.15) is 0 Å². The van der Waals surface area contributed by atoms with Crippen molar-refractivity contribution in [3.63, 3.8) is 0 Å². The van der Waals surface area contributed by atoms with Crippen LogP contribution in [0.2, 0.25) is 0 Å². The van der Waals surface area contributed by atoms with Crippen LogP contribution in [0.1, 0.15) is 11.1 Å². The van der Waals surface area contributed by atoms with Crippen molar-refractivity contribution in [2.24, 2.45) is 0 Å². The van der Waals surface area contributed by atoms with Gasteiger partial charge in [0.1, 0.15) is 5.75 Å². The maximum Gasteiger partial charge on any atom is 0.207 e. The third-order valence-electron chi connectivity index (χ3n) is 4.70. The Morgan fingerprint density at radius 2 is 1.74 bits per heavy atom. The summed E-state index contributed by atoms with van der Waals surface area (Å²) in [6, 6.07) is 10.1. The Balaban J connectivity index is 1.66. The molecule has 2 aromatic heterocycles. The lowest BCUT2D eigenvalue weighted by Crippen LogP contribution is -2.07. The van der Waals surface area contributed by atoms with E-state index in [1.165, 1.54) is 11.3 Å². The van der Waals surface area contributed by atoms with Gasteiger partial charge in [0.15, 0.2) is 10.9 Å². The number of hydrogen-bond acceptors (Lipinski definition) is 8. The Labute approximate surface area is 184 Å². The van der Waals surface area contributed by atoms with Gasteiger partial charge in [-0.1, -0.05) is 0 Å². The van der Waals surface area contributed by atoms with Gasteiger partial charge in [0.2, 0.25) is 9.84 Å². The average Bonchev–Trinajstić information content (AvgIpc) is 3.22. The summed E-state index contributed by atoms with van der Waals surface area (Å²) in [5.41, 5.74) is 2.95. The van der Waals surface area contributed by atoms with Crippen molar-refractivity contribution in [1.29, 1.82) is 0 Å². The molecule has 1 N–H and O–H groups in total. The number of sulfone groups is 1. The van der Waals surface area contributed by atoms with Crippen molar-refractivity contribution in [1.82, 2.24) is 15.0 Å². The van der Waals surface area contributed by atoms with Gasteiger partial charge < -0.3 is 10.1 Å². The predicted octanol–water partition coefficient (Wildman–Crippen LogP) is 4.80. The summed E-state index contributed by atoms with van der Waals surface area (Å²) >= 11 is 1.44. The molecule has 158 valence electrons. The van der Waals surface area contributed by atoms with E-state index in [1.54, 1.807) is 63.8 Å². The molecule has 0 fully saturated rings. The van der Waals surface area contributed by atoms with Crippen LogP contribution in [-0.4, -0.2) is 30.5 Å². The highest BCUT2D eigenvalue weighted by atomic mass is 32.2. The zero-order chi connectivity index (χ0) is 22.0. The minimum absolute atomic E-state index is 0.233. The van der Waals surface area contributed by atoms with E-state index >= 15 is 0 Å². The van der Waals surface area contributed by atoms with Crippen molar-refractivity contribution in [3.8, 4) is 17.0 Å². The van der Waals surface area contributed by atoms with Crippen LogP contribution in [0.4, 0.5) is 10.9 Å². The molecule has 4 aromatic rings. The first-order valence-corrected chi connectivity index (χ1v) is 11.7. The third-order valence-corrected chi connectivity index (χ3v) is 7.53.